The molecule has 0 aliphatic carbocycles. The molecule has 1 saturated heterocycles. The Bertz CT molecular complexity index is 196. The van der Waals surface area contributed by atoms with Crippen LogP contribution >= 0.6 is 0 Å². The van der Waals surface area contributed by atoms with Crippen LogP contribution in [0.25, 0.3) is 0 Å². The van der Waals surface area contributed by atoms with Crippen LogP contribution in [0.4, 0.5) is 4.79 Å². The smallest absolute Gasteiger partial charge is 0.409 e. The molecule has 0 aromatic rings. The number of likely N-dealkylation sites (tertiary alicyclic amines) is 1. The van der Waals surface area contributed by atoms with Gasteiger partial charge in [0.2, 0.25) is 0 Å². The summed E-state index contributed by atoms with van der Waals surface area (Å²) in [6, 6.07) is 0. The van der Waals surface area contributed by atoms with Crippen LogP contribution in [0.2, 0.25) is 0 Å². The second kappa shape index (κ2) is 5.99. The summed E-state index contributed by atoms with van der Waals surface area (Å²) < 4.78 is 4.98. The average Bonchev–Trinajstić information content (AvgIpc) is 2.18. The second-order valence-corrected chi connectivity index (χ2v) is 4.76. The van der Waals surface area contributed by atoms with E-state index in [4.69, 9.17) is 4.74 Å². The van der Waals surface area contributed by atoms with E-state index in [9.17, 15) is 4.79 Å². The highest BCUT2D eigenvalue weighted by Gasteiger charge is 2.23. The van der Waals surface area contributed by atoms with Gasteiger partial charge in [-0.2, -0.15) is 0 Å². The van der Waals surface area contributed by atoms with Crippen LogP contribution in [0.3, 0.4) is 0 Å². The zero-order valence-corrected chi connectivity index (χ0v) is 10.2. The molecule has 3 heteroatoms. The maximum absolute atomic E-state index is 11.4. The van der Waals surface area contributed by atoms with Crippen molar-refractivity contribution in [3.05, 3.63) is 0 Å². The zero-order valence-electron chi connectivity index (χ0n) is 10.2. The van der Waals surface area contributed by atoms with Crippen molar-refractivity contribution in [1.82, 2.24) is 4.90 Å². The molecule has 0 radical (unpaired) electrons. The van der Waals surface area contributed by atoms with Gasteiger partial charge < -0.3 is 9.64 Å². The van der Waals surface area contributed by atoms with Gasteiger partial charge in [0.1, 0.15) is 0 Å². The van der Waals surface area contributed by atoms with Crippen LogP contribution in [0, 0.1) is 11.8 Å². The molecule has 0 spiro atoms. The van der Waals surface area contributed by atoms with Crippen LogP contribution in [-0.2, 0) is 4.74 Å². The lowest BCUT2D eigenvalue weighted by atomic mass is 9.89. The van der Waals surface area contributed by atoms with Crippen molar-refractivity contribution in [1.29, 1.82) is 0 Å². The molecule has 1 rings (SSSR count). The largest absolute Gasteiger partial charge is 0.450 e. The average molecular weight is 213 g/mol. The number of carbonyl (C=O) groups is 1. The van der Waals surface area contributed by atoms with Crippen molar-refractivity contribution in [2.75, 3.05) is 19.7 Å². The number of nitrogens with zero attached hydrogens (tertiary/aromatic N) is 1. The summed E-state index contributed by atoms with van der Waals surface area (Å²) in [5.74, 6) is 1.57. The number of rotatable bonds is 3. The maximum atomic E-state index is 11.4. The van der Waals surface area contributed by atoms with Gasteiger partial charge >= 0.3 is 6.09 Å². The first-order chi connectivity index (χ1) is 7.13. The third kappa shape index (κ3) is 4.10. The number of amides is 1. The SMILES string of the molecule is CCOC(=O)N1CCC(CC(C)C)CC1. The zero-order chi connectivity index (χ0) is 11.3. The molecule has 15 heavy (non-hydrogen) atoms. The number of carbonyl (C=O) groups excluding carboxylic acids is 1. The molecule has 0 bridgehead atoms. The van der Waals surface area contributed by atoms with E-state index in [1.807, 2.05) is 11.8 Å². The van der Waals surface area contributed by atoms with Gasteiger partial charge in [0.25, 0.3) is 0 Å². The minimum absolute atomic E-state index is 0.138. The Morgan fingerprint density at radius 1 is 1.40 bits per heavy atom. The van der Waals surface area contributed by atoms with Crippen molar-refractivity contribution in [2.45, 2.75) is 40.0 Å². The topological polar surface area (TPSA) is 29.5 Å². The Morgan fingerprint density at radius 2 is 2.00 bits per heavy atom. The number of piperidine rings is 1. The van der Waals surface area contributed by atoms with Crippen molar-refractivity contribution < 1.29 is 9.53 Å². The highest BCUT2D eigenvalue weighted by molar-refractivity contribution is 5.67. The molecule has 3 nitrogen and oxygen atoms in total. The van der Waals surface area contributed by atoms with Gasteiger partial charge in [0.15, 0.2) is 0 Å². The van der Waals surface area contributed by atoms with Crippen molar-refractivity contribution in [3.63, 3.8) is 0 Å². The van der Waals surface area contributed by atoms with Crippen LogP contribution < -0.4 is 0 Å². The summed E-state index contributed by atoms with van der Waals surface area (Å²) >= 11 is 0. The molecule has 1 aliphatic rings. The van der Waals surface area contributed by atoms with E-state index >= 15 is 0 Å². The molecular weight excluding hydrogens is 190 g/mol. The Kier molecular flexibility index (Phi) is 4.92. The molecular formula is C12H23NO2. The fraction of sp³-hybridized carbons (Fsp3) is 0.917. The Hall–Kier alpha value is -0.730. The first-order valence-corrected chi connectivity index (χ1v) is 6.05. The summed E-state index contributed by atoms with van der Waals surface area (Å²) in [6.45, 7) is 8.59. The van der Waals surface area contributed by atoms with Gasteiger partial charge in [0, 0.05) is 13.1 Å². The first kappa shape index (κ1) is 12.3. The van der Waals surface area contributed by atoms with Gasteiger partial charge in [-0.3, -0.25) is 0 Å². The van der Waals surface area contributed by atoms with Crippen LogP contribution in [0.1, 0.15) is 40.0 Å². The first-order valence-electron chi connectivity index (χ1n) is 6.05. The predicted octanol–water partition coefficient (Wildman–Crippen LogP) is 2.90. The molecule has 88 valence electrons. The summed E-state index contributed by atoms with van der Waals surface area (Å²) in [5.41, 5.74) is 0. The Morgan fingerprint density at radius 3 is 2.47 bits per heavy atom. The normalized spacial score (nSPS) is 18.3. The molecule has 0 N–H and O–H groups in total. The lowest BCUT2D eigenvalue weighted by Gasteiger charge is -2.31. The van der Waals surface area contributed by atoms with E-state index in [2.05, 4.69) is 13.8 Å². The molecule has 1 fully saturated rings. The van der Waals surface area contributed by atoms with Gasteiger partial charge in [-0.05, 0) is 38.0 Å². The molecule has 0 saturated carbocycles. The van der Waals surface area contributed by atoms with Crippen LogP contribution in [0.15, 0.2) is 0 Å². The number of hydrogen-bond acceptors (Lipinski definition) is 2. The monoisotopic (exact) mass is 213 g/mol. The molecule has 0 unspecified atom stereocenters. The summed E-state index contributed by atoms with van der Waals surface area (Å²) in [5, 5.41) is 0. The highest BCUT2D eigenvalue weighted by Crippen LogP contribution is 2.24. The highest BCUT2D eigenvalue weighted by atomic mass is 16.6. The van der Waals surface area contributed by atoms with Gasteiger partial charge in [-0.25, -0.2) is 4.79 Å². The van der Waals surface area contributed by atoms with E-state index in [0.717, 1.165) is 37.8 Å². The lowest BCUT2D eigenvalue weighted by Crippen LogP contribution is -2.39. The maximum Gasteiger partial charge on any atom is 0.409 e. The van der Waals surface area contributed by atoms with E-state index < -0.39 is 0 Å². The van der Waals surface area contributed by atoms with E-state index in [1.54, 1.807) is 0 Å². The molecule has 0 atom stereocenters. The summed E-state index contributed by atoms with van der Waals surface area (Å²) in [7, 11) is 0. The fourth-order valence-electron chi connectivity index (χ4n) is 2.23. The summed E-state index contributed by atoms with van der Waals surface area (Å²) in [4.78, 5) is 13.3. The third-order valence-electron chi connectivity index (χ3n) is 2.95. The quantitative estimate of drug-likeness (QED) is 0.721. The van der Waals surface area contributed by atoms with E-state index in [1.165, 1.54) is 6.42 Å². The van der Waals surface area contributed by atoms with Gasteiger partial charge in [-0.1, -0.05) is 13.8 Å². The lowest BCUT2D eigenvalue weighted by molar-refractivity contribution is 0.0896. The van der Waals surface area contributed by atoms with Crippen molar-refractivity contribution >= 4 is 6.09 Å². The third-order valence-corrected chi connectivity index (χ3v) is 2.95. The van der Waals surface area contributed by atoms with E-state index in [0.29, 0.717) is 6.61 Å². The van der Waals surface area contributed by atoms with Gasteiger partial charge in [-0.15, -0.1) is 0 Å². The number of hydrogen-bond donors (Lipinski definition) is 0. The van der Waals surface area contributed by atoms with Crippen molar-refractivity contribution in [2.24, 2.45) is 11.8 Å². The molecule has 0 aromatic carbocycles. The minimum atomic E-state index is -0.138. The molecule has 1 aliphatic heterocycles. The standard InChI is InChI=1S/C12H23NO2/c1-4-15-12(14)13-7-5-11(6-8-13)9-10(2)3/h10-11H,4-9H2,1-3H3. The fourth-order valence-corrected chi connectivity index (χ4v) is 2.23. The second-order valence-electron chi connectivity index (χ2n) is 4.76. The van der Waals surface area contributed by atoms with Crippen LogP contribution in [-0.4, -0.2) is 30.7 Å². The summed E-state index contributed by atoms with van der Waals surface area (Å²) in [6.07, 6.45) is 3.42. The molecule has 1 heterocycles. The minimum Gasteiger partial charge on any atom is -0.450 e. The molecule has 1 amide bonds. The van der Waals surface area contributed by atoms with Gasteiger partial charge in [0.05, 0.1) is 6.61 Å². The van der Waals surface area contributed by atoms with Crippen molar-refractivity contribution in [3.8, 4) is 0 Å². The Labute approximate surface area is 92.8 Å². The predicted molar refractivity (Wildman–Crippen MR) is 60.8 cm³/mol. The number of ether oxygens (including phenoxy) is 1. The van der Waals surface area contributed by atoms with E-state index in [-0.39, 0.29) is 6.09 Å². The Balaban J connectivity index is 2.26. The van der Waals surface area contributed by atoms with Crippen LogP contribution in [0.5, 0.6) is 0 Å². The molecule has 0 aromatic heterocycles.